The van der Waals surface area contributed by atoms with Crippen LogP contribution in [0.15, 0.2) is 22.6 Å². The van der Waals surface area contributed by atoms with E-state index in [1.165, 1.54) is 0 Å². The molecule has 0 saturated heterocycles. The van der Waals surface area contributed by atoms with E-state index < -0.39 is 0 Å². The van der Waals surface area contributed by atoms with E-state index in [1.807, 2.05) is 32.2 Å². The lowest BCUT2D eigenvalue weighted by molar-refractivity contribution is -0.120. The van der Waals surface area contributed by atoms with Crippen molar-refractivity contribution in [3.63, 3.8) is 0 Å². The number of benzene rings is 1. The Morgan fingerprint density at radius 3 is 2.95 bits per heavy atom. The quantitative estimate of drug-likeness (QED) is 0.882. The zero-order chi connectivity index (χ0) is 13.5. The molecule has 0 aliphatic heterocycles. The first-order valence-electron chi connectivity index (χ1n) is 6.46. The number of nitrogens with one attached hydrogen (secondary N) is 2. The van der Waals surface area contributed by atoms with E-state index in [0.29, 0.717) is 5.89 Å². The highest BCUT2D eigenvalue weighted by Gasteiger charge is 2.49. The third-order valence-electron chi connectivity index (χ3n) is 3.60. The Bertz CT molecular complexity index is 629. The van der Waals surface area contributed by atoms with Crippen LogP contribution in [0, 0.1) is 12.3 Å². The summed E-state index contributed by atoms with van der Waals surface area (Å²) in [7, 11) is 1.87. The predicted octanol–water partition coefficient (Wildman–Crippen LogP) is 2.07. The summed E-state index contributed by atoms with van der Waals surface area (Å²) in [6, 6.07) is 5.53. The molecule has 1 aromatic heterocycles. The van der Waals surface area contributed by atoms with Crippen molar-refractivity contribution in [2.45, 2.75) is 19.8 Å². The summed E-state index contributed by atoms with van der Waals surface area (Å²) in [6.07, 6.45) is 1.90. The molecular weight excluding hydrogens is 242 g/mol. The minimum atomic E-state index is -0.219. The second-order valence-corrected chi connectivity index (χ2v) is 5.18. The highest BCUT2D eigenvalue weighted by atomic mass is 16.3. The number of nitrogens with zero attached hydrogens (tertiary/aromatic N) is 1. The molecule has 1 aromatic carbocycles. The number of fused-ring (bicyclic) bond motifs is 1. The number of carbonyl (C=O) groups is 1. The van der Waals surface area contributed by atoms with Gasteiger partial charge in [-0.2, -0.15) is 0 Å². The van der Waals surface area contributed by atoms with Gasteiger partial charge in [-0.15, -0.1) is 0 Å². The van der Waals surface area contributed by atoms with Crippen molar-refractivity contribution in [2.75, 3.05) is 18.9 Å². The molecule has 0 unspecified atom stereocenters. The fraction of sp³-hybridized carbons (Fsp3) is 0.429. The number of carbonyl (C=O) groups excluding carboxylic acids is 1. The van der Waals surface area contributed by atoms with Gasteiger partial charge in [0, 0.05) is 19.2 Å². The molecular formula is C14H17N3O2. The lowest BCUT2D eigenvalue weighted by atomic mass is 10.1. The molecule has 3 rings (SSSR count). The Kier molecular flexibility index (Phi) is 2.78. The average Bonchev–Trinajstić information content (AvgIpc) is 3.05. The fourth-order valence-corrected chi connectivity index (χ4v) is 2.36. The maximum Gasteiger partial charge on any atom is 0.231 e. The lowest BCUT2D eigenvalue weighted by Crippen LogP contribution is -2.32. The monoisotopic (exact) mass is 259 g/mol. The lowest BCUT2D eigenvalue weighted by Gasteiger charge is -2.14. The van der Waals surface area contributed by atoms with Gasteiger partial charge in [0.25, 0.3) is 0 Å². The van der Waals surface area contributed by atoms with Crippen LogP contribution >= 0.6 is 0 Å². The van der Waals surface area contributed by atoms with Crippen molar-refractivity contribution in [2.24, 2.45) is 5.41 Å². The van der Waals surface area contributed by atoms with Crippen LogP contribution in [-0.2, 0) is 4.79 Å². The smallest absolute Gasteiger partial charge is 0.231 e. The van der Waals surface area contributed by atoms with Crippen molar-refractivity contribution in [1.82, 2.24) is 10.3 Å². The van der Waals surface area contributed by atoms with Crippen molar-refractivity contribution in [3.8, 4) is 0 Å². The molecule has 0 spiro atoms. The first-order valence-corrected chi connectivity index (χ1v) is 6.46. The van der Waals surface area contributed by atoms with Gasteiger partial charge < -0.3 is 15.1 Å². The minimum absolute atomic E-state index is 0.0846. The van der Waals surface area contributed by atoms with Crippen molar-refractivity contribution >= 4 is 22.7 Å². The number of anilines is 1. The molecule has 1 heterocycles. The molecule has 100 valence electrons. The largest absolute Gasteiger partial charge is 0.441 e. The summed E-state index contributed by atoms with van der Waals surface area (Å²) in [5.74, 6) is 0.716. The number of hydrogen-bond acceptors (Lipinski definition) is 4. The maximum absolute atomic E-state index is 12.2. The highest BCUT2D eigenvalue weighted by molar-refractivity contribution is 5.98. The second kappa shape index (κ2) is 4.35. The van der Waals surface area contributed by atoms with Gasteiger partial charge in [0.2, 0.25) is 5.91 Å². The van der Waals surface area contributed by atoms with Crippen LogP contribution in [0.1, 0.15) is 18.7 Å². The first-order chi connectivity index (χ1) is 9.13. The van der Waals surface area contributed by atoms with Gasteiger partial charge in [0.1, 0.15) is 5.52 Å². The Balaban J connectivity index is 1.79. The molecule has 1 amide bonds. The minimum Gasteiger partial charge on any atom is -0.441 e. The number of oxazole rings is 1. The van der Waals surface area contributed by atoms with Crippen molar-refractivity contribution in [3.05, 3.63) is 24.1 Å². The van der Waals surface area contributed by atoms with E-state index in [0.717, 1.165) is 36.2 Å². The van der Waals surface area contributed by atoms with E-state index in [1.54, 1.807) is 0 Å². The summed E-state index contributed by atoms with van der Waals surface area (Å²) in [5.41, 5.74) is 2.07. The van der Waals surface area contributed by atoms with Crippen LogP contribution in [0.25, 0.3) is 11.1 Å². The number of aryl methyl sites for hydroxylation is 1. The van der Waals surface area contributed by atoms with E-state index >= 15 is 0 Å². The summed E-state index contributed by atoms with van der Waals surface area (Å²) in [6.45, 7) is 2.54. The third kappa shape index (κ3) is 2.21. The van der Waals surface area contributed by atoms with Crippen LogP contribution in [0.2, 0.25) is 0 Å². The first kappa shape index (κ1) is 12.2. The van der Waals surface area contributed by atoms with Crippen molar-refractivity contribution in [1.29, 1.82) is 0 Å². The molecule has 19 heavy (non-hydrogen) atoms. The Labute approximate surface area is 111 Å². The number of aromatic nitrogens is 1. The summed E-state index contributed by atoms with van der Waals surface area (Å²) < 4.78 is 5.41. The zero-order valence-electron chi connectivity index (χ0n) is 11.1. The Morgan fingerprint density at radius 1 is 1.47 bits per heavy atom. The maximum atomic E-state index is 12.2. The van der Waals surface area contributed by atoms with E-state index in [-0.39, 0.29) is 11.3 Å². The van der Waals surface area contributed by atoms with Gasteiger partial charge in [-0.1, -0.05) is 0 Å². The van der Waals surface area contributed by atoms with Crippen molar-refractivity contribution < 1.29 is 9.21 Å². The SMILES string of the molecule is CNCC1(C(=O)Nc2ccc3oc(C)nc3c2)CC1. The van der Waals surface area contributed by atoms with Gasteiger partial charge >= 0.3 is 0 Å². The van der Waals surface area contributed by atoms with Crippen LogP contribution < -0.4 is 10.6 Å². The molecule has 1 aliphatic carbocycles. The van der Waals surface area contributed by atoms with E-state index in [9.17, 15) is 4.79 Å². The molecule has 1 fully saturated rings. The molecule has 0 bridgehead atoms. The van der Waals surface area contributed by atoms with Gasteiger partial charge in [-0.05, 0) is 38.1 Å². The molecule has 5 heteroatoms. The van der Waals surface area contributed by atoms with Gasteiger partial charge in [-0.25, -0.2) is 4.98 Å². The van der Waals surface area contributed by atoms with Gasteiger partial charge in [0.15, 0.2) is 11.5 Å². The van der Waals surface area contributed by atoms with Crippen LogP contribution in [0.5, 0.6) is 0 Å². The molecule has 1 saturated carbocycles. The fourth-order valence-electron chi connectivity index (χ4n) is 2.36. The molecule has 2 aromatic rings. The van der Waals surface area contributed by atoms with E-state index in [4.69, 9.17) is 4.42 Å². The number of hydrogen-bond donors (Lipinski definition) is 2. The zero-order valence-corrected chi connectivity index (χ0v) is 11.1. The standard InChI is InChI=1S/C14H17N3O2/c1-9-16-11-7-10(3-4-12(11)19-9)17-13(18)14(5-6-14)8-15-2/h3-4,7,15H,5-6,8H2,1-2H3,(H,17,18). The highest BCUT2D eigenvalue weighted by Crippen LogP contribution is 2.45. The summed E-state index contributed by atoms with van der Waals surface area (Å²) >= 11 is 0. The normalized spacial score (nSPS) is 16.5. The summed E-state index contributed by atoms with van der Waals surface area (Å²) in [5, 5.41) is 6.05. The number of amides is 1. The van der Waals surface area contributed by atoms with Crippen LogP contribution in [0.4, 0.5) is 5.69 Å². The van der Waals surface area contributed by atoms with Gasteiger partial charge in [0.05, 0.1) is 5.41 Å². The van der Waals surface area contributed by atoms with E-state index in [2.05, 4.69) is 15.6 Å². The predicted molar refractivity (Wildman–Crippen MR) is 73.0 cm³/mol. The average molecular weight is 259 g/mol. The Hall–Kier alpha value is -1.88. The third-order valence-corrected chi connectivity index (χ3v) is 3.60. The molecule has 0 atom stereocenters. The molecule has 0 radical (unpaired) electrons. The van der Waals surface area contributed by atoms with Crippen LogP contribution in [-0.4, -0.2) is 24.5 Å². The van der Waals surface area contributed by atoms with Crippen LogP contribution in [0.3, 0.4) is 0 Å². The van der Waals surface area contributed by atoms with Gasteiger partial charge in [-0.3, -0.25) is 4.79 Å². The molecule has 5 nitrogen and oxygen atoms in total. The molecule has 2 N–H and O–H groups in total. The number of rotatable bonds is 4. The topological polar surface area (TPSA) is 67.2 Å². The summed E-state index contributed by atoms with van der Waals surface area (Å²) in [4.78, 5) is 16.5. The molecule has 1 aliphatic rings. The Morgan fingerprint density at radius 2 is 2.26 bits per heavy atom. The second-order valence-electron chi connectivity index (χ2n) is 5.18.